The van der Waals surface area contributed by atoms with Crippen molar-refractivity contribution in [2.45, 2.75) is 43.9 Å². The van der Waals surface area contributed by atoms with Gasteiger partial charge in [0.1, 0.15) is 5.82 Å². The summed E-state index contributed by atoms with van der Waals surface area (Å²) in [5.74, 6) is 1.07. The molecule has 2 fully saturated rings. The van der Waals surface area contributed by atoms with E-state index in [4.69, 9.17) is 19.2 Å². The molecule has 33 heavy (non-hydrogen) atoms. The van der Waals surface area contributed by atoms with Gasteiger partial charge in [-0.05, 0) is 49.1 Å². The average Bonchev–Trinajstić information content (AvgIpc) is 2.83. The highest BCUT2D eigenvalue weighted by atomic mass is 19.3. The van der Waals surface area contributed by atoms with E-state index < -0.39 is 12.7 Å². The quantitative estimate of drug-likeness (QED) is 0.739. The van der Waals surface area contributed by atoms with Gasteiger partial charge in [-0.1, -0.05) is 0 Å². The Morgan fingerprint density at radius 2 is 1.97 bits per heavy atom. The highest BCUT2D eigenvalue weighted by molar-refractivity contribution is 6.15. The number of hydrogen-bond donors (Lipinski definition) is 1. The zero-order valence-electron chi connectivity index (χ0n) is 18.4. The number of aliphatic imine (C=N–C) groups is 1. The van der Waals surface area contributed by atoms with Gasteiger partial charge >= 0.3 is 6.61 Å². The van der Waals surface area contributed by atoms with Crippen LogP contribution in [-0.4, -0.2) is 68.0 Å². The monoisotopic (exact) mass is 459 g/mol. The first-order valence-electron chi connectivity index (χ1n) is 11.3. The predicted molar refractivity (Wildman–Crippen MR) is 119 cm³/mol. The van der Waals surface area contributed by atoms with Crippen molar-refractivity contribution in [3.63, 3.8) is 0 Å². The zero-order chi connectivity index (χ0) is 22.9. The fourth-order valence-corrected chi connectivity index (χ4v) is 5.03. The van der Waals surface area contributed by atoms with Crippen molar-refractivity contribution in [1.29, 1.82) is 0 Å². The number of morpholine rings is 1. The molecule has 1 N–H and O–H groups in total. The van der Waals surface area contributed by atoms with E-state index in [1.54, 1.807) is 18.3 Å². The van der Waals surface area contributed by atoms with Crippen LogP contribution in [0.3, 0.4) is 0 Å². The second-order valence-electron chi connectivity index (χ2n) is 8.59. The number of anilines is 1. The van der Waals surface area contributed by atoms with Crippen molar-refractivity contribution in [2.75, 3.05) is 38.3 Å². The number of methoxy groups -OCH3 is 1. The molecule has 3 heterocycles. The Bertz CT molecular complexity index is 1030. The summed E-state index contributed by atoms with van der Waals surface area (Å²) in [5, 5.41) is 10.3. The minimum Gasteiger partial charge on any atom is -0.493 e. The molecule has 1 saturated heterocycles. The number of fused-ring (bicyclic) bond motifs is 3. The lowest BCUT2D eigenvalue weighted by molar-refractivity contribution is -0.0512. The highest BCUT2D eigenvalue weighted by Crippen LogP contribution is 2.45. The van der Waals surface area contributed by atoms with Crippen molar-refractivity contribution in [2.24, 2.45) is 4.99 Å². The Hall–Kier alpha value is -2.78. The molecule has 2 aliphatic heterocycles. The van der Waals surface area contributed by atoms with Gasteiger partial charge in [-0.25, -0.2) is 4.98 Å². The van der Waals surface area contributed by atoms with Gasteiger partial charge in [0.2, 0.25) is 0 Å². The SMILES string of the molecule is COc1cc2c(cc1OC(F)F)C(c1ccc(N3CCOCC3)nc1)=NC1CCC(O)CC21. The molecule has 0 amide bonds. The summed E-state index contributed by atoms with van der Waals surface area (Å²) >= 11 is 0. The number of benzene rings is 1. The number of nitrogens with zero attached hydrogens (tertiary/aromatic N) is 3. The molecule has 5 rings (SSSR count). The largest absolute Gasteiger partial charge is 0.493 e. The minimum absolute atomic E-state index is 0.00129. The first kappa shape index (κ1) is 22.0. The lowest BCUT2D eigenvalue weighted by atomic mass is 9.74. The lowest BCUT2D eigenvalue weighted by Crippen LogP contribution is -2.36. The minimum atomic E-state index is -2.97. The number of aliphatic hydroxyl groups is 1. The molecule has 0 radical (unpaired) electrons. The third-order valence-corrected chi connectivity index (χ3v) is 6.64. The summed E-state index contributed by atoms with van der Waals surface area (Å²) in [7, 11) is 1.43. The molecule has 3 atom stereocenters. The zero-order valence-corrected chi connectivity index (χ0v) is 18.4. The van der Waals surface area contributed by atoms with Gasteiger partial charge in [0.25, 0.3) is 0 Å². The molecule has 0 spiro atoms. The van der Waals surface area contributed by atoms with Crippen LogP contribution in [-0.2, 0) is 4.74 Å². The van der Waals surface area contributed by atoms with Crippen molar-refractivity contribution in [3.05, 3.63) is 47.2 Å². The Kier molecular flexibility index (Phi) is 6.16. The number of alkyl halides is 2. The summed E-state index contributed by atoms with van der Waals surface area (Å²) in [6.45, 7) is -0.0489. The first-order chi connectivity index (χ1) is 16.0. The first-order valence-corrected chi connectivity index (χ1v) is 11.3. The van der Waals surface area contributed by atoms with Crippen LogP contribution in [0.2, 0.25) is 0 Å². The number of rotatable bonds is 5. The Morgan fingerprint density at radius 1 is 1.15 bits per heavy atom. The molecular weight excluding hydrogens is 432 g/mol. The van der Waals surface area contributed by atoms with Crippen LogP contribution in [0.15, 0.2) is 35.5 Å². The normalized spacial score (nSPS) is 24.7. The lowest BCUT2D eigenvalue weighted by Gasteiger charge is -2.37. The third-order valence-electron chi connectivity index (χ3n) is 6.64. The maximum Gasteiger partial charge on any atom is 0.387 e. The molecule has 1 aromatic heterocycles. The van der Waals surface area contributed by atoms with E-state index >= 15 is 0 Å². The smallest absolute Gasteiger partial charge is 0.387 e. The van der Waals surface area contributed by atoms with E-state index in [1.165, 1.54) is 7.11 Å². The second kappa shape index (κ2) is 9.23. The van der Waals surface area contributed by atoms with Gasteiger partial charge in [0, 0.05) is 36.3 Å². The third kappa shape index (κ3) is 4.39. The molecule has 7 nitrogen and oxygen atoms in total. The van der Waals surface area contributed by atoms with E-state index in [1.807, 2.05) is 12.1 Å². The van der Waals surface area contributed by atoms with E-state index in [2.05, 4.69) is 9.88 Å². The van der Waals surface area contributed by atoms with Crippen molar-refractivity contribution < 1.29 is 28.1 Å². The van der Waals surface area contributed by atoms with Crippen LogP contribution in [0.5, 0.6) is 11.5 Å². The fraction of sp³-hybridized carbons (Fsp3) is 0.500. The summed E-state index contributed by atoms with van der Waals surface area (Å²) in [4.78, 5) is 11.8. The molecule has 0 bridgehead atoms. The standard InChI is InChI=1S/C24H27F2N3O4/c1-31-20-11-16-17-10-15(30)3-4-19(17)28-23(18(16)12-21(20)33-24(25)26)14-2-5-22(27-13-14)29-6-8-32-9-7-29/h2,5,11-13,15,17,19,24,30H,3-4,6-10H2,1H3. The maximum atomic E-state index is 13.1. The molecule has 1 saturated carbocycles. The van der Waals surface area contributed by atoms with Crippen LogP contribution in [0.4, 0.5) is 14.6 Å². The summed E-state index contributed by atoms with van der Waals surface area (Å²) in [5.41, 5.74) is 3.15. The van der Waals surface area contributed by atoms with Gasteiger partial charge in [-0.15, -0.1) is 0 Å². The molecule has 3 aliphatic rings. The van der Waals surface area contributed by atoms with Crippen LogP contribution in [0.1, 0.15) is 41.9 Å². The van der Waals surface area contributed by atoms with Gasteiger partial charge in [-0.3, -0.25) is 4.99 Å². The molecule has 9 heteroatoms. The van der Waals surface area contributed by atoms with E-state index in [0.717, 1.165) is 36.5 Å². The van der Waals surface area contributed by atoms with Gasteiger partial charge in [-0.2, -0.15) is 8.78 Å². The predicted octanol–water partition coefficient (Wildman–Crippen LogP) is 3.38. The van der Waals surface area contributed by atoms with E-state index in [-0.39, 0.29) is 23.5 Å². The van der Waals surface area contributed by atoms with Crippen LogP contribution in [0, 0.1) is 0 Å². The van der Waals surface area contributed by atoms with Gasteiger partial charge in [0.05, 0.1) is 38.2 Å². The van der Waals surface area contributed by atoms with Crippen molar-refractivity contribution >= 4 is 11.5 Å². The van der Waals surface area contributed by atoms with Gasteiger partial charge in [0.15, 0.2) is 11.5 Å². The Balaban J connectivity index is 1.56. The Morgan fingerprint density at radius 3 is 2.67 bits per heavy atom. The topological polar surface area (TPSA) is 76.4 Å². The molecule has 3 unspecified atom stereocenters. The Labute approximate surface area is 191 Å². The van der Waals surface area contributed by atoms with E-state index in [9.17, 15) is 13.9 Å². The number of pyridine rings is 1. The van der Waals surface area contributed by atoms with Crippen LogP contribution < -0.4 is 14.4 Å². The van der Waals surface area contributed by atoms with Crippen molar-refractivity contribution in [3.8, 4) is 11.5 Å². The maximum absolute atomic E-state index is 13.1. The molecule has 2 aromatic rings. The van der Waals surface area contributed by atoms with Gasteiger partial charge < -0.3 is 24.2 Å². The molecule has 176 valence electrons. The fourth-order valence-electron chi connectivity index (χ4n) is 5.03. The number of aromatic nitrogens is 1. The number of hydrogen-bond acceptors (Lipinski definition) is 7. The number of aliphatic hydroxyl groups excluding tert-OH is 1. The average molecular weight is 459 g/mol. The number of halogens is 2. The highest BCUT2D eigenvalue weighted by Gasteiger charge is 2.37. The van der Waals surface area contributed by atoms with E-state index in [0.29, 0.717) is 37.3 Å². The molecule has 1 aliphatic carbocycles. The summed E-state index contributed by atoms with van der Waals surface area (Å²) in [6.07, 6.45) is 3.38. The summed E-state index contributed by atoms with van der Waals surface area (Å²) in [6, 6.07) is 7.26. The number of ether oxygens (including phenoxy) is 3. The van der Waals surface area contributed by atoms with Crippen LogP contribution >= 0.6 is 0 Å². The summed E-state index contributed by atoms with van der Waals surface area (Å²) < 4.78 is 41.6. The van der Waals surface area contributed by atoms with Crippen molar-refractivity contribution in [1.82, 2.24) is 4.98 Å². The molecule has 1 aromatic carbocycles. The molecular formula is C24H27F2N3O4. The second-order valence-corrected chi connectivity index (χ2v) is 8.59. The van der Waals surface area contributed by atoms with Crippen LogP contribution in [0.25, 0.3) is 0 Å².